The maximum absolute atomic E-state index is 13.7. The minimum atomic E-state index is -0.162. The third-order valence-electron chi connectivity index (χ3n) is 3.74. The number of hydrogen-bond acceptors (Lipinski definition) is 3. The Balaban J connectivity index is 2.05. The molecule has 3 nitrogen and oxygen atoms in total. The molecule has 106 valence electrons. The topological polar surface area (TPSA) is 24.5 Å². The number of benzene rings is 1. The van der Waals surface area contributed by atoms with Gasteiger partial charge in [0.25, 0.3) is 0 Å². The van der Waals surface area contributed by atoms with Crippen molar-refractivity contribution in [1.82, 2.24) is 10.2 Å². The van der Waals surface area contributed by atoms with Gasteiger partial charge in [-0.05, 0) is 30.0 Å². The molecule has 0 atom stereocenters. The van der Waals surface area contributed by atoms with Crippen LogP contribution < -0.4 is 10.1 Å². The fraction of sp³-hybridized carbons (Fsp3) is 0.600. The van der Waals surface area contributed by atoms with Gasteiger partial charge in [-0.15, -0.1) is 0 Å². The first-order chi connectivity index (χ1) is 9.24. The summed E-state index contributed by atoms with van der Waals surface area (Å²) in [6.45, 7) is 7.27. The van der Waals surface area contributed by atoms with Gasteiger partial charge < -0.3 is 15.0 Å². The molecule has 1 aromatic rings. The molecule has 0 amide bonds. The molecule has 4 heteroatoms. The summed E-state index contributed by atoms with van der Waals surface area (Å²) in [5, 5.41) is 3.35. The van der Waals surface area contributed by atoms with E-state index in [0.717, 1.165) is 56.7 Å². The van der Waals surface area contributed by atoms with Crippen LogP contribution in [-0.4, -0.2) is 44.7 Å². The summed E-state index contributed by atoms with van der Waals surface area (Å²) >= 11 is 0. The summed E-state index contributed by atoms with van der Waals surface area (Å²) in [5.74, 6) is 0.509. The van der Waals surface area contributed by atoms with Crippen LogP contribution in [0.3, 0.4) is 0 Å². The van der Waals surface area contributed by atoms with E-state index in [1.807, 2.05) is 13.0 Å². The number of ether oxygens (including phenoxy) is 1. The van der Waals surface area contributed by atoms with Crippen molar-refractivity contribution in [2.24, 2.45) is 0 Å². The van der Waals surface area contributed by atoms with E-state index in [0.29, 0.717) is 5.75 Å². The van der Waals surface area contributed by atoms with Crippen LogP contribution in [0.15, 0.2) is 12.1 Å². The smallest absolute Gasteiger partial charge is 0.130 e. The lowest BCUT2D eigenvalue weighted by Gasteiger charge is -2.27. The average Bonchev–Trinajstić information content (AvgIpc) is 2.46. The highest BCUT2D eigenvalue weighted by atomic mass is 19.1. The molecular formula is C15H23FN2O. The molecule has 1 aliphatic rings. The van der Waals surface area contributed by atoms with Crippen LogP contribution in [0, 0.1) is 5.82 Å². The second-order valence-electron chi connectivity index (χ2n) is 4.95. The van der Waals surface area contributed by atoms with Crippen molar-refractivity contribution in [1.29, 1.82) is 0 Å². The number of halogens is 1. The van der Waals surface area contributed by atoms with E-state index in [1.165, 1.54) is 6.07 Å². The predicted molar refractivity (Wildman–Crippen MR) is 75.3 cm³/mol. The standard InChI is InChI=1S/C15H23FN2O/c1-3-12-10-13(15(19-2)11-14(12)16)4-7-18-8-5-17-6-9-18/h10-11,17H,3-9H2,1-2H3. The van der Waals surface area contributed by atoms with Gasteiger partial charge in [0.1, 0.15) is 11.6 Å². The largest absolute Gasteiger partial charge is 0.496 e. The van der Waals surface area contributed by atoms with Crippen LogP contribution in [0.25, 0.3) is 0 Å². The third kappa shape index (κ3) is 3.67. The molecule has 2 rings (SSSR count). The van der Waals surface area contributed by atoms with Crippen LogP contribution in [0.1, 0.15) is 18.1 Å². The van der Waals surface area contributed by atoms with Crippen LogP contribution in [0.2, 0.25) is 0 Å². The van der Waals surface area contributed by atoms with Gasteiger partial charge in [0.15, 0.2) is 0 Å². The first kappa shape index (κ1) is 14.3. The number of aryl methyl sites for hydroxylation is 1. The SMILES string of the molecule is CCc1cc(CCN2CCNCC2)c(OC)cc1F. The van der Waals surface area contributed by atoms with Crippen molar-refractivity contribution in [3.05, 3.63) is 29.1 Å². The Bertz CT molecular complexity index is 417. The highest BCUT2D eigenvalue weighted by Gasteiger charge is 2.13. The van der Waals surface area contributed by atoms with E-state index >= 15 is 0 Å². The zero-order valence-corrected chi connectivity index (χ0v) is 11.8. The molecule has 1 aromatic carbocycles. The molecule has 0 bridgehead atoms. The zero-order chi connectivity index (χ0) is 13.7. The summed E-state index contributed by atoms with van der Waals surface area (Å²) in [7, 11) is 1.61. The molecule has 0 saturated carbocycles. The van der Waals surface area contributed by atoms with Crippen LogP contribution in [0.5, 0.6) is 5.75 Å². The van der Waals surface area contributed by atoms with Gasteiger partial charge >= 0.3 is 0 Å². The minimum absolute atomic E-state index is 0.162. The Morgan fingerprint density at radius 3 is 2.63 bits per heavy atom. The van der Waals surface area contributed by atoms with E-state index in [1.54, 1.807) is 7.11 Å². The summed E-state index contributed by atoms with van der Waals surface area (Å²) in [6, 6.07) is 3.47. The second kappa shape index (κ2) is 6.87. The lowest BCUT2D eigenvalue weighted by Crippen LogP contribution is -2.44. The molecule has 1 heterocycles. The molecule has 1 aliphatic heterocycles. The van der Waals surface area contributed by atoms with Crippen molar-refractivity contribution >= 4 is 0 Å². The maximum Gasteiger partial charge on any atom is 0.130 e. The fourth-order valence-corrected chi connectivity index (χ4v) is 2.52. The molecular weight excluding hydrogens is 243 g/mol. The van der Waals surface area contributed by atoms with E-state index in [9.17, 15) is 4.39 Å². The number of hydrogen-bond donors (Lipinski definition) is 1. The van der Waals surface area contributed by atoms with E-state index in [-0.39, 0.29) is 5.82 Å². The van der Waals surface area contributed by atoms with E-state index < -0.39 is 0 Å². The van der Waals surface area contributed by atoms with Gasteiger partial charge in [-0.2, -0.15) is 0 Å². The molecule has 0 radical (unpaired) electrons. The fourth-order valence-electron chi connectivity index (χ4n) is 2.52. The third-order valence-corrected chi connectivity index (χ3v) is 3.74. The molecule has 1 saturated heterocycles. The summed E-state index contributed by atoms with van der Waals surface area (Å²) in [5.41, 5.74) is 1.88. The normalized spacial score (nSPS) is 16.6. The lowest BCUT2D eigenvalue weighted by atomic mass is 10.0. The molecule has 1 fully saturated rings. The van der Waals surface area contributed by atoms with Crippen molar-refractivity contribution < 1.29 is 9.13 Å². The van der Waals surface area contributed by atoms with Gasteiger partial charge in [0.2, 0.25) is 0 Å². The number of piperazine rings is 1. The zero-order valence-electron chi connectivity index (χ0n) is 11.8. The van der Waals surface area contributed by atoms with Gasteiger partial charge in [0.05, 0.1) is 7.11 Å². The highest BCUT2D eigenvalue weighted by molar-refractivity contribution is 5.38. The Kier molecular flexibility index (Phi) is 5.16. The van der Waals surface area contributed by atoms with E-state index in [2.05, 4.69) is 10.2 Å². The Morgan fingerprint density at radius 1 is 1.26 bits per heavy atom. The summed E-state index contributed by atoms with van der Waals surface area (Å²) < 4.78 is 19.0. The molecule has 0 aromatic heterocycles. The van der Waals surface area contributed by atoms with Crippen LogP contribution in [0.4, 0.5) is 4.39 Å². The Morgan fingerprint density at radius 2 is 2.00 bits per heavy atom. The van der Waals surface area contributed by atoms with Crippen molar-refractivity contribution in [2.45, 2.75) is 19.8 Å². The van der Waals surface area contributed by atoms with Crippen molar-refractivity contribution in [3.63, 3.8) is 0 Å². The second-order valence-corrected chi connectivity index (χ2v) is 4.95. The molecule has 1 N–H and O–H groups in total. The van der Waals surface area contributed by atoms with Gasteiger partial charge in [-0.3, -0.25) is 0 Å². The number of rotatable bonds is 5. The number of nitrogens with one attached hydrogen (secondary N) is 1. The molecule has 0 unspecified atom stereocenters. The first-order valence-electron chi connectivity index (χ1n) is 7.03. The minimum Gasteiger partial charge on any atom is -0.496 e. The number of methoxy groups -OCH3 is 1. The highest BCUT2D eigenvalue weighted by Crippen LogP contribution is 2.24. The molecule has 0 aliphatic carbocycles. The van der Waals surface area contributed by atoms with Crippen LogP contribution >= 0.6 is 0 Å². The Hall–Kier alpha value is -1.13. The number of nitrogens with zero attached hydrogens (tertiary/aromatic N) is 1. The summed E-state index contributed by atoms with van der Waals surface area (Å²) in [4.78, 5) is 2.44. The first-order valence-corrected chi connectivity index (χ1v) is 7.03. The van der Waals surface area contributed by atoms with Gasteiger partial charge in [-0.25, -0.2) is 4.39 Å². The van der Waals surface area contributed by atoms with E-state index in [4.69, 9.17) is 4.74 Å². The summed E-state index contributed by atoms with van der Waals surface area (Å²) in [6.07, 6.45) is 1.63. The average molecular weight is 266 g/mol. The lowest BCUT2D eigenvalue weighted by molar-refractivity contribution is 0.243. The quantitative estimate of drug-likeness (QED) is 0.880. The van der Waals surface area contributed by atoms with Gasteiger partial charge in [-0.1, -0.05) is 6.92 Å². The van der Waals surface area contributed by atoms with Gasteiger partial charge in [0, 0.05) is 38.8 Å². The monoisotopic (exact) mass is 266 g/mol. The van der Waals surface area contributed by atoms with Crippen molar-refractivity contribution in [2.75, 3.05) is 39.8 Å². The maximum atomic E-state index is 13.7. The van der Waals surface area contributed by atoms with Crippen molar-refractivity contribution in [3.8, 4) is 5.75 Å². The predicted octanol–water partition coefficient (Wildman–Crippen LogP) is 1.84. The van der Waals surface area contributed by atoms with Crippen LogP contribution in [-0.2, 0) is 12.8 Å². The molecule has 0 spiro atoms. The molecule has 19 heavy (non-hydrogen) atoms. The Labute approximate surface area is 114 Å².